The molecule has 0 aromatic carbocycles. The molecule has 0 saturated heterocycles. The Balaban J connectivity index is 2.57. The summed E-state index contributed by atoms with van der Waals surface area (Å²) in [5.41, 5.74) is 6.50. The van der Waals surface area contributed by atoms with Crippen LogP contribution < -0.4 is 11.1 Å². The van der Waals surface area contributed by atoms with Crippen LogP contribution in [0.1, 0.15) is 35.7 Å². The molecule has 2 rings (SSSR count). The number of nitrogens with two attached hydrogens (primary N) is 1. The molecule has 2 aromatic rings. The van der Waals surface area contributed by atoms with Crippen molar-refractivity contribution in [2.24, 2.45) is 5.73 Å². The monoisotopic (exact) mass is 260 g/mol. The van der Waals surface area contributed by atoms with Gasteiger partial charge < -0.3 is 11.1 Å². The molecule has 0 aliphatic rings. The highest BCUT2D eigenvalue weighted by molar-refractivity contribution is 5.92. The highest BCUT2D eigenvalue weighted by Crippen LogP contribution is 2.26. The van der Waals surface area contributed by atoms with Gasteiger partial charge in [-0.2, -0.15) is 5.10 Å². The zero-order chi connectivity index (χ0) is 14.0. The molecule has 2 aromatic heterocycles. The molecule has 7 heteroatoms. The van der Waals surface area contributed by atoms with E-state index in [0.29, 0.717) is 11.4 Å². The number of hydrogen-bond donors (Lipinski definition) is 2. The number of nitrogens with zero attached hydrogens (tertiary/aromatic N) is 4. The van der Waals surface area contributed by atoms with Gasteiger partial charge in [-0.15, -0.1) is 0 Å². The van der Waals surface area contributed by atoms with Crippen LogP contribution in [0.4, 0.5) is 5.82 Å². The Kier molecular flexibility index (Phi) is 3.46. The quantitative estimate of drug-likeness (QED) is 0.851. The number of carbonyl (C=O) groups excluding carboxylic acids is 1. The summed E-state index contributed by atoms with van der Waals surface area (Å²) >= 11 is 0. The van der Waals surface area contributed by atoms with Crippen molar-refractivity contribution in [3.05, 3.63) is 29.8 Å². The first-order valence-corrected chi connectivity index (χ1v) is 5.92. The summed E-state index contributed by atoms with van der Waals surface area (Å²) < 4.78 is 1.54. The molecule has 2 heterocycles. The summed E-state index contributed by atoms with van der Waals surface area (Å²) in [4.78, 5) is 19.6. The Morgan fingerprint density at radius 1 is 1.42 bits per heavy atom. The maximum atomic E-state index is 11.1. The third kappa shape index (κ3) is 2.40. The van der Waals surface area contributed by atoms with Gasteiger partial charge in [0.1, 0.15) is 12.1 Å². The topological polar surface area (TPSA) is 98.7 Å². The second-order valence-electron chi connectivity index (χ2n) is 4.40. The standard InChI is InChI=1S/C12H16N6O/c1-7(2)9-11(14-3)15-6-16-12(9)18-5-8(4-17-18)10(13)19/h4-7H,1-3H3,(H2,13,19)(H,14,15,16). The minimum Gasteiger partial charge on any atom is -0.373 e. The Labute approximate surface area is 110 Å². The highest BCUT2D eigenvalue weighted by atomic mass is 16.1. The molecule has 7 nitrogen and oxygen atoms in total. The van der Waals surface area contributed by atoms with E-state index in [9.17, 15) is 4.79 Å². The fourth-order valence-corrected chi connectivity index (χ4v) is 1.87. The number of hydrogen-bond acceptors (Lipinski definition) is 5. The molecule has 0 radical (unpaired) electrons. The molecule has 0 spiro atoms. The first-order valence-electron chi connectivity index (χ1n) is 5.92. The Morgan fingerprint density at radius 3 is 2.68 bits per heavy atom. The van der Waals surface area contributed by atoms with Gasteiger partial charge in [0.05, 0.1) is 11.8 Å². The normalized spacial score (nSPS) is 10.7. The van der Waals surface area contributed by atoms with Gasteiger partial charge in [-0.25, -0.2) is 14.6 Å². The molecule has 0 fully saturated rings. The van der Waals surface area contributed by atoms with Gasteiger partial charge in [0.15, 0.2) is 5.82 Å². The van der Waals surface area contributed by atoms with Crippen LogP contribution >= 0.6 is 0 Å². The number of nitrogens with one attached hydrogen (secondary N) is 1. The summed E-state index contributed by atoms with van der Waals surface area (Å²) in [6.45, 7) is 4.09. The van der Waals surface area contributed by atoms with E-state index in [0.717, 1.165) is 11.4 Å². The van der Waals surface area contributed by atoms with Crippen molar-refractivity contribution in [3.8, 4) is 5.82 Å². The van der Waals surface area contributed by atoms with Crippen LogP contribution in [-0.4, -0.2) is 32.7 Å². The van der Waals surface area contributed by atoms with Gasteiger partial charge in [-0.1, -0.05) is 13.8 Å². The van der Waals surface area contributed by atoms with Gasteiger partial charge >= 0.3 is 0 Å². The molecule has 0 saturated carbocycles. The predicted molar refractivity (Wildman–Crippen MR) is 71.3 cm³/mol. The molecule has 0 atom stereocenters. The number of primary amides is 1. The van der Waals surface area contributed by atoms with Crippen molar-refractivity contribution in [1.29, 1.82) is 0 Å². The Hall–Kier alpha value is -2.44. The van der Waals surface area contributed by atoms with Gasteiger partial charge in [0.25, 0.3) is 5.91 Å². The van der Waals surface area contributed by atoms with Crippen molar-refractivity contribution in [3.63, 3.8) is 0 Å². The number of aromatic nitrogens is 4. The lowest BCUT2D eigenvalue weighted by molar-refractivity contribution is 0.100. The Bertz CT molecular complexity index is 604. The van der Waals surface area contributed by atoms with Crippen LogP contribution in [0.3, 0.4) is 0 Å². The maximum absolute atomic E-state index is 11.1. The minimum absolute atomic E-state index is 0.208. The maximum Gasteiger partial charge on any atom is 0.251 e. The third-order valence-electron chi connectivity index (χ3n) is 2.76. The zero-order valence-corrected chi connectivity index (χ0v) is 11.1. The van der Waals surface area contributed by atoms with Gasteiger partial charge in [0.2, 0.25) is 0 Å². The number of anilines is 1. The predicted octanol–water partition coefficient (Wildman–Crippen LogP) is 0.926. The lowest BCUT2D eigenvalue weighted by atomic mass is 10.0. The van der Waals surface area contributed by atoms with E-state index in [1.807, 2.05) is 13.8 Å². The van der Waals surface area contributed by atoms with E-state index in [2.05, 4.69) is 20.4 Å². The van der Waals surface area contributed by atoms with Crippen molar-refractivity contribution in [1.82, 2.24) is 19.7 Å². The van der Waals surface area contributed by atoms with Gasteiger partial charge in [0, 0.05) is 18.8 Å². The van der Waals surface area contributed by atoms with Crippen molar-refractivity contribution in [2.75, 3.05) is 12.4 Å². The summed E-state index contributed by atoms with van der Waals surface area (Å²) in [6.07, 6.45) is 4.45. The molecular formula is C12H16N6O. The number of carbonyl (C=O) groups is 1. The highest BCUT2D eigenvalue weighted by Gasteiger charge is 2.17. The molecule has 0 bridgehead atoms. The molecule has 3 N–H and O–H groups in total. The van der Waals surface area contributed by atoms with Crippen molar-refractivity contribution in [2.45, 2.75) is 19.8 Å². The van der Waals surface area contributed by atoms with E-state index in [1.54, 1.807) is 13.2 Å². The van der Waals surface area contributed by atoms with Crippen LogP contribution in [0, 0.1) is 0 Å². The lowest BCUT2D eigenvalue weighted by Crippen LogP contribution is -2.11. The second kappa shape index (κ2) is 5.05. The summed E-state index contributed by atoms with van der Waals surface area (Å²) in [5, 5.41) is 7.16. The van der Waals surface area contributed by atoms with Gasteiger partial charge in [-0.3, -0.25) is 4.79 Å². The fourth-order valence-electron chi connectivity index (χ4n) is 1.87. The van der Waals surface area contributed by atoms with Crippen LogP contribution in [0.2, 0.25) is 0 Å². The first-order chi connectivity index (χ1) is 9.04. The molecule has 0 aliphatic carbocycles. The van der Waals surface area contributed by atoms with Gasteiger partial charge in [-0.05, 0) is 5.92 Å². The number of rotatable bonds is 4. The first kappa shape index (κ1) is 13.0. The van der Waals surface area contributed by atoms with Crippen LogP contribution in [0.5, 0.6) is 0 Å². The SMILES string of the molecule is CNc1ncnc(-n2cc(C(N)=O)cn2)c1C(C)C. The van der Waals surface area contributed by atoms with E-state index < -0.39 is 5.91 Å². The van der Waals surface area contributed by atoms with Crippen molar-refractivity contribution >= 4 is 11.7 Å². The number of amides is 1. The smallest absolute Gasteiger partial charge is 0.251 e. The largest absolute Gasteiger partial charge is 0.373 e. The molecule has 0 aliphatic heterocycles. The molecule has 19 heavy (non-hydrogen) atoms. The summed E-state index contributed by atoms with van der Waals surface area (Å²) in [6, 6.07) is 0. The second-order valence-corrected chi connectivity index (χ2v) is 4.40. The van der Waals surface area contributed by atoms with E-state index in [1.165, 1.54) is 17.2 Å². The molecular weight excluding hydrogens is 244 g/mol. The van der Waals surface area contributed by atoms with E-state index in [-0.39, 0.29) is 5.92 Å². The Morgan fingerprint density at radius 2 is 2.16 bits per heavy atom. The fraction of sp³-hybridized carbons (Fsp3) is 0.333. The van der Waals surface area contributed by atoms with E-state index >= 15 is 0 Å². The molecule has 100 valence electrons. The van der Waals surface area contributed by atoms with E-state index in [4.69, 9.17) is 5.73 Å². The average molecular weight is 260 g/mol. The summed E-state index contributed by atoms with van der Waals surface area (Å²) in [7, 11) is 1.80. The third-order valence-corrected chi connectivity index (χ3v) is 2.76. The zero-order valence-electron chi connectivity index (χ0n) is 11.1. The molecule has 1 amide bonds. The average Bonchev–Trinajstić information content (AvgIpc) is 2.87. The van der Waals surface area contributed by atoms with Crippen molar-refractivity contribution < 1.29 is 4.79 Å². The minimum atomic E-state index is -0.514. The molecule has 0 unspecified atom stereocenters. The van der Waals surface area contributed by atoms with Crippen LogP contribution in [0.15, 0.2) is 18.7 Å². The lowest BCUT2D eigenvalue weighted by Gasteiger charge is -2.15. The van der Waals surface area contributed by atoms with Crippen LogP contribution in [-0.2, 0) is 0 Å². The summed E-state index contributed by atoms with van der Waals surface area (Å²) in [5.74, 6) is 1.08. The van der Waals surface area contributed by atoms with Crippen LogP contribution in [0.25, 0.3) is 5.82 Å².